The highest BCUT2D eigenvalue weighted by Gasteiger charge is 2.40. The van der Waals surface area contributed by atoms with Crippen LogP contribution in [0.2, 0.25) is 0 Å². The summed E-state index contributed by atoms with van der Waals surface area (Å²) in [6.07, 6.45) is 7.21. The fourth-order valence-corrected chi connectivity index (χ4v) is 2.06. The largest absolute Gasteiger partial charge is 0.478 e. The van der Waals surface area contributed by atoms with E-state index in [-0.39, 0.29) is 0 Å². The zero-order valence-corrected chi connectivity index (χ0v) is 9.20. The van der Waals surface area contributed by atoms with Crippen molar-refractivity contribution in [2.45, 2.75) is 38.6 Å². The van der Waals surface area contributed by atoms with Gasteiger partial charge in [-0.3, -0.25) is 0 Å². The average Bonchev–Trinajstić information content (AvgIpc) is 3.01. The summed E-state index contributed by atoms with van der Waals surface area (Å²) < 4.78 is 0. The van der Waals surface area contributed by atoms with Gasteiger partial charge in [-0.05, 0) is 44.4 Å². The molecule has 0 atom stereocenters. The molecule has 2 aliphatic carbocycles. The van der Waals surface area contributed by atoms with Crippen LogP contribution in [0.5, 0.6) is 0 Å². The minimum absolute atomic E-state index is 0.438. The van der Waals surface area contributed by atoms with Crippen LogP contribution < -0.4 is 5.32 Å². The van der Waals surface area contributed by atoms with Crippen molar-refractivity contribution in [2.24, 2.45) is 11.8 Å². The molecule has 0 heterocycles. The second-order valence-corrected chi connectivity index (χ2v) is 4.80. The van der Waals surface area contributed by atoms with E-state index in [0.29, 0.717) is 18.2 Å². The number of rotatable bonds is 6. The number of aliphatic carboxylic acids is 1. The normalized spacial score (nSPS) is 22.1. The van der Waals surface area contributed by atoms with Gasteiger partial charge >= 0.3 is 5.97 Å². The van der Waals surface area contributed by atoms with E-state index in [2.05, 4.69) is 5.32 Å². The molecule has 2 fully saturated rings. The maximum atomic E-state index is 10.6. The van der Waals surface area contributed by atoms with E-state index in [1.807, 2.05) is 0 Å². The molecule has 2 saturated carbocycles. The van der Waals surface area contributed by atoms with Crippen molar-refractivity contribution >= 4 is 5.97 Å². The molecule has 2 rings (SSSR count). The Morgan fingerprint density at radius 1 is 1.40 bits per heavy atom. The summed E-state index contributed by atoms with van der Waals surface area (Å²) in [5.41, 5.74) is 0.438. The minimum Gasteiger partial charge on any atom is -0.478 e. The molecule has 0 amide bonds. The Bertz CT molecular complexity index is 265. The lowest BCUT2D eigenvalue weighted by atomic mass is 10.1. The van der Waals surface area contributed by atoms with E-state index in [1.54, 1.807) is 13.0 Å². The van der Waals surface area contributed by atoms with Crippen LogP contribution in [0, 0.1) is 11.8 Å². The van der Waals surface area contributed by atoms with Gasteiger partial charge in [-0.1, -0.05) is 6.08 Å². The second-order valence-electron chi connectivity index (χ2n) is 4.80. The number of carbonyl (C=O) groups is 1. The number of hydrogen-bond acceptors (Lipinski definition) is 2. The van der Waals surface area contributed by atoms with Gasteiger partial charge in [-0.15, -0.1) is 0 Å². The third kappa shape index (κ3) is 3.06. The standard InChI is InChI=1S/C12H19NO2/c1-8(12(14)15)6-7-13-11(9-2-3-9)10-4-5-10/h6,9-11,13H,2-5,7H2,1H3,(H,14,15). The molecule has 0 aromatic rings. The first-order valence-corrected chi connectivity index (χ1v) is 5.82. The Balaban J connectivity index is 1.75. The molecule has 0 aromatic heterocycles. The van der Waals surface area contributed by atoms with Crippen molar-refractivity contribution in [1.29, 1.82) is 0 Å². The van der Waals surface area contributed by atoms with Crippen LogP contribution in [0.15, 0.2) is 11.6 Å². The summed E-state index contributed by atoms with van der Waals surface area (Å²) in [6.45, 7) is 2.35. The van der Waals surface area contributed by atoms with Gasteiger partial charge in [0, 0.05) is 18.2 Å². The second kappa shape index (κ2) is 4.35. The molecule has 0 saturated heterocycles. The molecule has 2 aliphatic rings. The number of hydrogen-bond donors (Lipinski definition) is 2. The highest BCUT2D eigenvalue weighted by atomic mass is 16.4. The Labute approximate surface area is 90.6 Å². The van der Waals surface area contributed by atoms with Crippen molar-refractivity contribution in [2.75, 3.05) is 6.54 Å². The Kier molecular flexibility index (Phi) is 3.10. The van der Waals surface area contributed by atoms with Gasteiger partial charge in [0.25, 0.3) is 0 Å². The van der Waals surface area contributed by atoms with Gasteiger partial charge in [0.1, 0.15) is 0 Å². The Morgan fingerprint density at radius 2 is 1.93 bits per heavy atom. The molecular formula is C12H19NO2. The van der Waals surface area contributed by atoms with Crippen molar-refractivity contribution in [3.05, 3.63) is 11.6 Å². The maximum Gasteiger partial charge on any atom is 0.330 e. The van der Waals surface area contributed by atoms with Gasteiger partial charge in [0.2, 0.25) is 0 Å². The maximum absolute atomic E-state index is 10.6. The van der Waals surface area contributed by atoms with E-state index in [1.165, 1.54) is 25.7 Å². The molecule has 0 aromatic carbocycles. The molecule has 3 heteroatoms. The topological polar surface area (TPSA) is 49.3 Å². The first-order chi connectivity index (χ1) is 7.18. The molecule has 0 radical (unpaired) electrons. The first kappa shape index (κ1) is 10.7. The van der Waals surface area contributed by atoms with E-state index < -0.39 is 5.97 Å². The van der Waals surface area contributed by atoms with Crippen LogP contribution in [0.4, 0.5) is 0 Å². The van der Waals surface area contributed by atoms with Crippen LogP contribution in [-0.2, 0) is 4.79 Å². The van der Waals surface area contributed by atoms with E-state index >= 15 is 0 Å². The van der Waals surface area contributed by atoms with Crippen molar-refractivity contribution in [3.63, 3.8) is 0 Å². The Hall–Kier alpha value is -0.830. The third-order valence-corrected chi connectivity index (χ3v) is 3.36. The summed E-state index contributed by atoms with van der Waals surface area (Å²) in [5.74, 6) is 0.929. The van der Waals surface area contributed by atoms with Gasteiger partial charge < -0.3 is 10.4 Å². The lowest BCUT2D eigenvalue weighted by molar-refractivity contribution is -0.132. The van der Waals surface area contributed by atoms with Crippen LogP contribution in [-0.4, -0.2) is 23.7 Å². The zero-order chi connectivity index (χ0) is 10.8. The summed E-state index contributed by atoms with van der Waals surface area (Å²) in [7, 11) is 0. The number of nitrogens with one attached hydrogen (secondary N) is 1. The van der Waals surface area contributed by atoms with Crippen LogP contribution in [0.25, 0.3) is 0 Å². The van der Waals surface area contributed by atoms with Crippen LogP contribution in [0.1, 0.15) is 32.6 Å². The molecular weight excluding hydrogens is 190 g/mol. The predicted molar refractivity (Wildman–Crippen MR) is 58.6 cm³/mol. The highest BCUT2D eigenvalue weighted by molar-refractivity contribution is 5.85. The monoisotopic (exact) mass is 209 g/mol. The average molecular weight is 209 g/mol. The first-order valence-electron chi connectivity index (χ1n) is 5.82. The van der Waals surface area contributed by atoms with Gasteiger partial charge in [0.15, 0.2) is 0 Å². The van der Waals surface area contributed by atoms with E-state index in [0.717, 1.165) is 11.8 Å². The quantitative estimate of drug-likeness (QED) is 0.656. The number of carboxylic acids is 1. The lowest BCUT2D eigenvalue weighted by Gasteiger charge is -2.16. The van der Waals surface area contributed by atoms with Gasteiger partial charge in [-0.2, -0.15) is 0 Å². The fourth-order valence-electron chi connectivity index (χ4n) is 2.06. The predicted octanol–water partition coefficient (Wildman–Crippen LogP) is 1.80. The van der Waals surface area contributed by atoms with Crippen molar-refractivity contribution in [1.82, 2.24) is 5.32 Å². The molecule has 2 N–H and O–H groups in total. The summed E-state index contributed by atoms with van der Waals surface area (Å²) in [6, 6.07) is 0.655. The van der Waals surface area contributed by atoms with E-state index in [9.17, 15) is 4.79 Å². The third-order valence-electron chi connectivity index (χ3n) is 3.36. The summed E-state index contributed by atoms with van der Waals surface area (Å²) in [4.78, 5) is 10.6. The SMILES string of the molecule is CC(=CCNC(C1CC1)C1CC1)C(=O)O. The van der Waals surface area contributed by atoms with E-state index in [4.69, 9.17) is 5.11 Å². The molecule has 0 bridgehead atoms. The van der Waals surface area contributed by atoms with Gasteiger partial charge in [-0.25, -0.2) is 4.79 Å². The Morgan fingerprint density at radius 3 is 2.33 bits per heavy atom. The molecule has 3 nitrogen and oxygen atoms in total. The molecule has 15 heavy (non-hydrogen) atoms. The fraction of sp³-hybridized carbons (Fsp3) is 0.750. The molecule has 0 aliphatic heterocycles. The molecule has 84 valence electrons. The number of carboxylic acid groups (broad SMARTS) is 1. The van der Waals surface area contributed by atoms with Crippen LogP contribution in [0.3, 0.4) is 0 Å². The van der Waals surface area contributed by atoms with Crippen molar-refractivity contribution < 1.29 is 9.90 Å². The lowest BCUT2D eigenvalue weighted by Crippen LogP contribution is -2.33. The minimum atomic E-state index is -0.814. The molecule has 0 unspecified atom stereocenters. The highest BCUT2D eigenvalue weighted by Crippen LogP contribution is 2.44. The zero-order valence-electron chi connectivity index (χ0n) is 9.20. The summed E-state index contributed by atoms with van der Waals surface area (Å²) in [5, 5.41) is 12.2. The molecule has 0 spiro atoms. The van der Waals surface area contributed by atoms with Gasteiger partial charge in [0.05, 0.1) is 0 Å². The summed E-state index contributed by atoms with van der Waals surface area (Å²) >= 11 is 0. The van der Waals surface area contributed by atoms with Crippen molar-refractivity contribution in [3.8, 4) is 0 Å². The van der Waals surface area contributed by atoms with Crippen LogP contribution >= 0.6 is 0 Å². The smallest absolute Gasteiger partial charge is 0.330 e.